The molecule has 1 N–H and O–H groups in total. The number of sulfonamides is 1. The molecule has 0 spiro atoms. The van der Waals surface area contributed by atoms with Crippen LogP contribution in [0.3, 0.4) is 0 Å². The molecule has 1 aromatic carbocycles. The highest BCUT2D eigenvalue weighted by atomic mass is 32.2. The summed E-state index contributed by atoms with van der Waals surface area (Å²) in [6, 6.07) is 9.53. The molecule has 0 fully saturated rings. The zero-order valence-electron chi connectivity index (χ0n) is 17.2. The fourth-order valence-corrected chi connectivity index (χ4v) is 3.93. The molecule has 0 bridgehead atoms. The molecule has 2 rings (SSSR count). The van der Waals surface area contributed by atoms with Gasteiger partial charge >= 0.3 is 0 Å². The number of aryl methyl sites for hydroxylation is 1. The Morgan fingerprint density at radius 3 is 2.43 bits per heavy atom. The molecule has 1 aromatic heterocycles. The molecule has 154 valence electrons. The van der Waals surface area contributed by atoms with Crippen molar-refractivity contribution in [2.75, 3.05) is 33.0 Å². The summed E-state index contributed by atoms with van der Waals surface area (Å²) in [7, 11) is -0.00472. The molecule has 0 aliphatic heterocycles. The summed E-state index contributed by atoms with van der Waals surface area (Å²) in [4.78, 5) is 12.6. The minimum atomic E-state index is -3.19. The molecule has 0 unspecified atom stereocenters. The predicted octanol–water partition coefficient (Wildman–Crippen LogP) is 2.50. The molecule has 0 saturated carbocycles. The molecule has 1 amide bonds. The van der Waals surface area contributed by atoms with Gasteiger partial charge in [0.2, 0.25) is 10.0 Å². The molecule has 7 nitrogen and oxygen atoms in total. The van der Waals surface area contributed by atoms with Crippen molar-refractivity contribution in [2.45, 2.75) is 27.2 Å². The first-order valence-electron chi connectivity index (χ1n) is 9.26. The van der Waals surface area contributed by atoms with E-state index in [4.69, 9.17) is 4.74 Å². The number of amides is 1. The van der Waals surface area contributed by atoms with Crippen molar-refractivity contribution < 1.29 is 17.9 Å². The summed E-state index contributed by atoms with van der Waals surface area (Å²) in [5, 5.41) is 2.88. The maximum absolute atomic E-state index is 12.6. The van der Waals surface area contributed by atoms with Crippen LogP contribution in [0.1, 0.15) is 35.1 Å². The highest BCUT2D eigenvalue weighted by Crippen LogP contribution is 2.22. The maximum atomic E-state index is 12.6. The van der Waals surface area contributed by atoms with E-state index in [1.54, 1.807) is 21.1 Å². The molecule has 1 heterocycles. The molecule has 0 atom stereocenters. The Morgan fingerprint density at radius 2 is 1.86 bits per heavy atom. The van der Waals surface area contributed by atoms with Crippen LogP contribution in [-0.4, -0.2) is 56.2 Å². The Bertz CT molecular complexity index is 918. The maximum Gasteiger partial charge on any atom is 0.253 e. The van der Waals surface area contributed by atoms with Crippen molar-refractivity contribution in [1.82, 2.24) is 14.2 Å². The number of hydrogen-bond acceptors (Lipinski definition) is 4. The summed E-state index contributed by atoms with van der Waals surface area (Å²) < 4.78 is 32.0. The van der Waals surface area contributed by atoms with Crippen molar-refractivity contribution in [3.05, 3.63) is 47.3 Å². The largest absolute Gasteiger partial charge is 0.497 e. The van der Waals surface area contributed by atoms with E-state index in [1.165, 1.54) is 4.31 Å². The molecule has 0 saturated heterocycles. The zero-order chi connectivity index (χ0) is 20.9. The van der Waals surface area contributed by atoms with Crippen molar-refractivity contribution in [3.63, 3.8) is 0 Å². The first-order chi connectivity index (χ1) is 13.2. The molecule has 2 aromatic rings. The number of methoxy groups -OCH3 is 1. The van der Waals surface area contributed by atoms with Crippen LogP contribution in [0.4, 0.5) is 0 Å². The average Bonchev–Trinajstić information content (AvgIpc) is 2.99. The number of hydrogen-bond donors (Lipinski definition) is 1. The van der Waals surface area contributed by atoms with Crippen LogP contribution >= 0.6 is 0 Å². The second-order valence-electron chi connectivity index (χ2n) is 6.65. The Morgan fingerprint density at radius 1 is 1.21 bits per heavy atom. The summed E-state index contributed by atoms with van der Waals surface area (Å²) in [5.41, 5.74) is 3.39. The molecule has 0 aliphatic rings. The van der Waals surface area contributed by atoms with E-state index in [-0.39, 0.29) is 11.7 Å². The van der Waals surface area contributed by atoms with Crippen LogP contribution in [-0.2, 0) is 10.0 Å². The second kappa shape index (κ2) is 9.25. The first-order valence-corrected chi connectivity index (χ1v) is 10.9. The van der Waals surface area contributed by atoms with Crippen molar-refractivity contribution in [2.24, 2.45) is 0 Å². The van der Waals surface area contributed by atoms with Crippen molar-refractivity contribution in [3.8, 4) is 11.4 Å². The van der Waals surface area contributed by atoms with Gasteiger partial charge in [-0.15, -0.1) is 0 Å². The first kappa shape index (κ1) is 22.0. The van der Waals surface area contributed by atoms with Crippen molar-refractivity contribution >= 4 is 15.9 Å². The third kappa shape index (κ3) is 4.94. The minimum Gasteiger partial charge on any atom is -0.497 e. The van der Waals surface area contributed by atoms with E-state index in [0.717, 1.165) is 22.8 Å². The number of ether oxygens (including phenoxy) is 1. The summed E-state index contributed by atoms with van der Waals surface area (Å²) in [6.07, 6.45) is 0.554. The van der Waals surface area contributed by atoms with Gasteiger partial charge in [0.1, 0.15) is 5.75 Å². The van der Waals surface area contributed by atoms with E-state index < -0.39 is 10.0 Å². The summed E-state index contributed by atoms with van der Waals surface area (Å²) in [5.74, 6) is 0.695. The monoisotopic (exact) mass is 407 g/mol. The standard InChI is InChI=1S/C20H29N3O4S/c1-6-28(25,26)22(4)13-7-12-21-20(24)19-14-15(2)23(16(19)3)17-8-10-18(27-5)11-9-17/h8-11,14H,6-7,12-13H2,1-5H3,(H,21,24). The van der Waals surface area contributed by atoms with Crippen LogP contribution in [0.15, 0.2) is 30.3 Å². The van der Waals surface area contributed by atoms with Gasteiger partial charge in [-0.1, -0.05) is 0 Å². The number of aromatic nitrogens is 1. The highest BCUT2D eigenvalue weighted by Gasteiger charge is 2.17. The molecular formula is C20H29N3O4S. The Balaban J connectivity index is 2.02. The number of carbonyl (C=O) groups is 1. The quantitative estimate of drug-likeness (QED) is 0.648. The highest BCUT2D eigenvalue weighted by molar-refractivity contribution is 7.89. The van der Waals surface area contributed by atoms with Crippen LogP contribution in [0.2, 0.25) is 0 Å². The lowest BCUT2D eigenvalue weighted by Crippen LogP contribution is -2.32. The van der Waals surface area contributed by atoms with Gasteiger partial charge in [0.25, 0.3) is 5.91 Å². The van der Waals surface area contributed by atoms with E-state index >= 15 is 0 Å². The molecule has 28 heavy (non-hydrogen) atoms. The lowest BCUT2D eigenvalue weighted by atomic mass is 10.2. The van der Waals surface area contributed by atoms with Gasteiger partial charge in [0, 0.05) is 37.2 Å². The van der Waals surface area contributed by atoms with Gasteiger partial charge in [-0.05, 0) is 57.5 Å². The number of rotatable bonds is 9. The average molecular weight is 408 g/mol. The number of nitrogens with zero attached hydrogens (tertiary/aromatic N) is 2. The lowest BCUT2D eigenvalue weighted by molar-refractivity contribution is 0.0952. The fourth-order valence-electron chi connectivity index (χ4n) is 3.08. The van der Waals surface area contributed by atoms with E-state index in [9.17, 15) is 13.2 Å². The second-order valence-corrected chi connectivity index (χ2v) is 9.01. The van der Waals surface area contributed by atoms with E-state index in [0.29, 0.717) is 25.1 Å². The van der Waals surface area contributed by atoms with Crippen molar-refractivity contribution in [1.29, 1.82) is 0 Å². The summed E-state index contributed by atoms with van der Waals surface area (Å²) >= 11 is 0. The van der Waals surface area contributed by atoms with E-state index in [1.807, 2.05) is 48.7 Å². The number of carbonyl (C=O) groups excluding carboxylic acids is 1. The van der Waals surface area contributed by atoms with E-state index in [2.05, 4.69) is 5.32 Å². The van der Waals surface area contributed by atoms with Gasteiger partial charge in [0.05, 0.1) is 18.4 Å². The Kier molecular flexibility index (Phi) is 7.26. The van der Waals surface area contributed by atoms with Gasteiger partial charge in [0.15, 0.2) is 0 Å². The topological polar surface area (TPSA) is 80.6 Å². The third-order valence-electron chi connectivity index (χ3n) is 4.78. The van der Waals surface area contributed by atoms with Gasteiger partial charge < -0.3 is 14.6 Å². The Labute approximate surface area is 167 Å². The van der Waals surface area contributed by atoms with Crippen LogP contribution in [0.25, 0.3) is 5.69 Å². The van der Waals surface area contributed by atoms with Crippen LogP contribution in [0, 0.1) is 13.8 Å². The van der Waals surface area contributed by atoms with Crippen LogP contribution in [0.5, 0.6) is 5.75 Å². The lowest BCUT2D eigenvalue weighted by Gasteiger charge is -2.15. The normalized spacial score (nSPS) is 11.6. The Hall–Kier alpha value is -2.32. The summed E-state index contributed by atoms with van der Waals surface area (Å²) in [6.45, 7) is 6.27. The minimum absolute atomic E-state index is 0.0766. The molecule has 0 aliphatic carbocycles. The molecule has 0 radical (unpaired) electrons. The fraction of sp³-hybridized carbons (Fsp3) is 0.450. The number of nitrogens with one attached hydrogen (secondary N) is 1. The third-order valence-corrected chi connectivity index (χ3v) is 6.64. The predicted molar refractivity (Wildman–Crippen MR) is 111 cm³/mol. The SMILES string of the molecule is CCS(=O)(=O)N(C)CCCNC(=O)c1cc(C)n(-c2ccc(OC)cc2)c1C. The smallest absolute Gasteiger partial charge is 0.253 e. The van der Waals surface area contributed by atoms with Gasteiger partial charge in [-0.2, -0.15) is 0 Å². The molecular weight excluding hydrogens is 378 g/mol. The zero-order valence-corrected chi connectivity index (χ0v) is 18.0. The van der Waals surface area contributed by atoms with Gasteiger partial charge in [-0.25, -0.2) is 12.7 Å². The number of benzene rings is 1. The van der Waals surface area contributed by atoms with Gasteiger partial charge in [-0.3, -0.25) is 4.79 Å². The van der Waals surface area contributed by atoms with Crippen LogP contribution < -0.4 is 10.1 Å². The molecule has 8 heteroatoms.